The van der Waals surface area contributed by atoms with Gasteiger partial charge in [-0.25, -0.2) is 4.99 Å². The molecule has 2 aliphatic rings. The molecule has 7 heteroatoms. The maximum Gasteiger partial charge on any atom is 0.264 e. The van der Waals surface area contributed by atoms with Gasteiger partial charge in [0.05, 0.1) is 10.6 Å². The lowest BCUT2D eigenvalue weighted by atomic mass is 10.2. The number of amides is 1. The van der Waals surface area contributed by atoms with Crippen LogP contribution in [0.15, 0.2) is 50.8 Å². The second kappa shape index (κ2) is 7.17. The molecular formula is C19H15BrN2O3S. The standard InChI is InChI=1S/C19H15BrN2O3S/c1-2-11-3-5-13(6-4-11)21-19-22-18(23)17(26-19)8-12-7-15-16(9-14(12)20)25-10-24-15/h3-9H,2,10H2,1H3,(H,21,22,23)/b17-8-. The van der Waals surface area contributed by atoms with Crippen molar-refractivity contribution in [2.75, 3.05) is 6.79 Å². The van der Waals surface area contributed by atoms with E-state index in [0.717, 1.165) is 22.1 Å². The van der Waals surface area contributed by atoms with Crippen LogP contribution in [-0.2, 0) is 11.2 Å². The zero-order valence-electron chi connectivity index (χ0n) is 13.9. The van der Waals surface area contributed by atoms with E-state index in [1.807, 2.05) is 42.5 Å². The van der Waals surface area contributed by atoms with Crippen LogP contribution in [0.2, 0.25) is 0 Å². The van der Waals surface area contributed by atoms with E-state index < -0.39 is 0 Å². The number of nitrogens with zero attached hydrogens (tertiary/aromatic N) is 1. The van der Waals surface area contributed by atoms with Gasteiger partial charge in [0.25, 0.3) is 5.91 Å². The highest BCUT2D eigenvalue weighted by atomic mass is 79.9. The van der Waals surface area contributed by atoms with Gasteiger partial charge in [0.15, 0.2) is 16.7 Å². The molecule has 26 heavy (non-hydrogen) atoms. The van der Waals surface area contributed by atoms with Crippen molar-refractivity contribution in [3.8, 4) is 11.5 Å². The van der Waals surface area contributed by atoms with Crippen LogP contribution in [0, 0.1) is 0 Å². The summed E-state index contributed by atoms with van der Waals surface area (Å²) in [6.07, 6.45) is 2.80. The number of rotatable bonds is 3. The zero-order valence-corrected chi connectivity index (χ0v) is 16.3. The number of carbonyl (C=O) groups is 1. The largest absolute Gasteiger partial charge is 0.454 e. The summed E-state index contributed by atoms with van der Waals surface area (Å²) >= 11 is 4.83. The first-order valence-corrected chi connectivity index (χ1v) is 9.71. The molecule has 132 valence electrons. The second-order valence-electron chi connectivity index (χ2n) is 5.73. The number of nitrogens with one attached hydrogen (secondary N) is 1. The predicted molar refractivity (Wildman–Crippen MR) is 107 cm³/mol. The summed E-state index contributed by atoms with van der Waals surface area (Å²) in [7, 11) is 0. The summed E-state index contributed by atoms with van der Waals surface area (Å²) in [6, 6.07) is 11.7. The maximum absolute atomic E-state index is 12.3. The summed E-state index contributed by atoms with van der Waals surface area (Å²) in [5.74, 6) is 1.21. The molecule has 0 saturated carbocycles. The van der Waals surface area contributed by atoms with Crippen LogP contribution in [0.5, 0.6) is 11.5 Å². The van der Waals surface area contributed by atoms with E-state index in [9.17, 15) is 4.79 Å². The normalized spacial score (nSPS) is 18.6. The lowest BCUT2D eigenvalue weighted by Gasteiger charge is -2.02. The van der Waals surface area contributed by atoms with Gasteiger partial charge >= 0.3 is 0 Å². The summed E-state index contributed by atoms with van der Waals surface area (Å²) in [6.45, 7) is 2.32. The summed E-state index contributed by atoms with van der Waals surface area (Å²) in [5.41, 5.74) is 2.92. The molecule has 4 rings (SSSR count). The Hall–Kier alpha value is -2.25. The number of benzene rings is 2. The molecule has 0 aliphatic carbocycles. The molecule has 1 amide bonds. The van der Waals surface area contributed by atoms with Crippen LogP contribution < -0.4 is 14.8 Å². The van der Waals surface area contributed by atoms with E-state index in [4.69, 9.17) is 9.47 Å². The van der Waals surface area contributed by atoms with Gasteiger partial charge in [-0.2, -0.15) is 0 Å². The van der Waals surface area contributed by atoms with Crippen molar-refractivity contribution in [3.63, 3.8) is 0 Å². The number of halogens is 1. The van der Waals surface area contributed by atoms with E-state index in [0.29, 0.717) is 21.6 Å². The molecule has 5 nitrogen and oxygen atoms in total. The molecule has 0 atom stereocenters. The number of aryl methyl sites for hydroxylation is 1. The van der Waals surface area contributed by atoms with Crippen molar-refractivity contribution in [3.05, 3.63) is 56.9 Å². The van der Waals surface area contributed by atoms with Crippen molar-refractivity contribution in [1.82, 2.24) is 5.32 Å². The Bertz CT molecular complexity index is 939. The van der Waals surface area contributed by atoms with Crippen LogP contribution in [0.3, 0.4) is 0 Å². The first kappa shape index (κ1) is 17.2. The minimum Gasteiger partial charge on any atom is -0.454 e. The quantitative estimate of drug-likeness (QED) is 0.720. The maximum atomic E-state index is 12.3. The highest BCUT2D eigenvalue weighted by Gasteiger charge is 2.25. The van der Waals surface area contributed by atoms with Crippen LogP contribution in [0.1, 0.15) is 18.1 Å². The Morgan fingerprint density at radius 2 is 1.96 bits per heavy atom. The molecule has 2 aromatic carbocycles. The van der Waals surface area contributed by atoms with Gasteiger partial charge in [0.2, 0.25) is 6.79 Å². The first-order valence-electron chi connectivity index (χ1n) is 8.10. The van der Waals surface area contributed by atoms with Crippen LogP contribution in [0.4, 0.5) is 5.69 Å². The third-order valence-corrected chi connectivity index (χ3v) is 5.60. The number of hydrogen-bond donors (Lipinski definition) is 1. The molecule has 0 radical (unpaired) electrons. The average Bonchev–Trinajstić information content (AvgIpc) is 3.22. The monoisotopic (exact) mass is 430 g/mol. The molecule has 0 aromatic heterocycles. The van der Waals surface area contributed by atoms with E-state index in [-0.39, 0.29) is 12.7 Å². The van der Waals surface area contributed by atoms with Crippen molar-refractivity contribution >= 4 is 50.5 Å². The van der Waals surface area contributed by atoms with Crippen LogP contribution in [-0.4, -0.2) is 17.9 Å². The van der Waals surface area contributed by atoms with Crippen molar-refractivity contribution in [1.29, 1.82) is 0 Å². The molecule has 2 aliphatic heterocycles. The minimum absolute atomic E-state index is 0.163. The van der Waals surface area contributed by atoms with Crippen LogP contribution >= 0.6 is 27.7 Å². The van der Waals surface area contributed by atoms with Gasteiger partial charge < -0.3 is 14.8 Å². The highest BCUT2D eigenvalue weighted by Crippen LogP contribution is 2.39. The number of thioether (sulfide) groups is 1. The molecule has 0 spiro atoms. The Kier molecular flexibility index (Phi) is 4.74. The number of hydrogen-bond acceptors (Lipinski definition) is 5. The lowest BCUT2D eigenvalue weighted by Crippen LogP contribution is -2.19. The zero-order chi connectivity index (χ0) is 18.1. The Morgan fingerprint density at radius 1 is 1.23 bits per heavy atom. The molecule has 1 saturated heterocycles. The fourth-order valence-electron chi connectivity index (χ4n) is 2.59. The fourth-order valence-corrected chi connectivity index (χ4v) is 3.86. The number of fused-ring (bicyclic) bond motifs is 1. The first-order chi connectivity index (χ1) is 12.6. The minimum atomic E-state index is -0.163. The average molecular weight is 431 g/mol. The number of carbonyl (C=O) groups excluding carboxylic acids is 1. The van der Waals surface area contributed by atoms with Crippen molar-refractivity contribution in [2.24, 2.45) is 4.99 Å². The van der Waals surface area contributed by atoms with Gasteiger partial charge in [-0.05, 0) is 59.7 Å². The van der Waals surface area contributed by atoms with Gasteiger partial charge in [0, 0.05) is 4.47 Å². The van der Waals surface area contributed by atoms with Gasteiger partial charge in [-0.3, -0.25) is 4.79 Å². The Balaban J connectivity index is 1.58. The number of ether oxygens (including phenoxy) is 2. The summed E-state index contributed by atoms with van der Waals surface area (Å²) in [5, 5.41) is 3.38. The molecule has 1 N–H and O–H groups in total. The Labute approximate surface area is 163 Å². The van der Waals surface area contributed by atoms with E-state index in [1.54, 1.807) is 0 Å². The van der Waals surface area contributed by atoms with E-state index >= 15 is 0 Å². The number of amidine groups is 1. The molecule has 0 bridgehead atoms. The van der Waals surface area contributed by atoms with E-state index in [1.165, 1.54) is 17.3 Å². The van der Waals surface area contributed by atoms with E-state index in [2.05, 4.69) is 33.2 Å². The fraction of sp³-hybridized carbons (Fsp3) is 0.158. The summed E-state index contributed by atoms with van der Waals surface area (Å²) in [4.78, 5) is 17.4. The highest BCUT2D eigenvalue weighted by molar-refractivity contribution is 9.10. The molecule has 0 unspecified atom stereocenters. The topological polar surface area (TPSA) is 59.9 Å². The van der Waals surface area contributed by atoms with Gasteiger partial charge in [0.1, 0.15) is 0 Å². The number of aliphatic imine (C=N–C) groups is 1. The molecule has 1 fully saturated rings. The second-order valence-corrected chi connectivity index (χ2v) is 7.61. The smallest absolute Gasteiger partial charge is 0.264 e. The van der Waals surface area contributed by atoms with Gasteiger partial charge in [-0.15, -0.1) is 0 Å². The third-order valence-electron chi connectivity index (χ3n) is 4.00. The van der Waals surface area contributed by atoms with Crippen molar-refractivity contribution < 1.29 is 14.3 Å². The third kappa shape index (κ3) is 3.50. The SMILES string of the molecule is CCc1ccc(N=C2NC(=O)/C(=C/c3cc4c(cc3Br)OCO4)S2)cc1. The lowest BCUT2D eigenvalue weighted by molar-refractivity contribution is -0.115. The molecular weight excluding hydrogens is 416 g/mol. The summed E-state index contributed by atoms with van der Waals surface area (Å²) < 4.78 is 11.6. The molecule has 2 aromatic rings. The van der Waals surface area contributed by atoms with Gasteiger partial charge in [-0.1, -0.05) is 35.0 Å². The van der Waals surface area contributed by atoms with Crippen LogP contribution in [0.25, 0.3) is 6.08 Å². The predicted octanol–water partition coefficient (Wildman–Crippen LogP) is 4.63. The molecule has 2 heterocycles. The van der Waals surface area contributed by atoms with Crippen molar-refractivity contribution in [2.45, 2.75) is 13.3 Å². The Morgan fingerprint density at radius 3 is 2.69 bits per heavy atom.